The molecular weight excluding hydrogens is 284 g/mol. The van der Waals surface area contributed by atoms with Crippen LogP contribution in [0.25, 0.3) is 0 Å². The number of aliphatic hydroxyl groups excluding tert-OH is 1. The minimum Gasteiger partial charge on any atom is -0.513 e. The maximum atomic E-state index is 10.0. The molecule has 0 radical (unpaired) electrons. The summed E-state index contributed by atoms with van der Waals surface area (Å²) in [7, 11) is 0. The highest BCUT2D eigenvalue weighted by Gasteiger charge is 2.45. The first-order chi connectivity index (χ1) is 10.7. The van der Waals surface area contributed by atoms with Crippen molar-refractivity contribution in [2.75, 3.05) is 0 Å². The molecule has 2 atom stereocenters. The second-order valence-electron chi connectivity index (χ2n) is 8.44. The maximum Gasteiger partial charge on any atom is 0.123 e. The first-order valence-electron chi connectivity index (χ1n) is 8.96. The van der Waals surface area contributed by atoms with E-state index in [0.717, 1.165) is 18.6 Å². The van der Waals surface area contributed by atoms with Crippen molar-refractivity contribution in [2.45, 2.75) is 77.2 Å². The number of benzene rings is 1. The van der Waals surface area contributed by atoms with Crippen molar-refractivity contribution in [3.8, 4) is 5.75 Å². The summed E-state index contributed by atoms with van der Waals surface area (Å²) in [6, 6.07) is 6.76. The van der Waals surface area contributed by atoms with Crippen molar-refractivity contribution < 1.29 is 9.84 Å². The molecule has 2 heteroatoms. The van der Waals surface area contributed by atoms with Crippen molar-refractivity contribution in [1.29, 1.82) is 0 Å². The van der Waals surface area contributed by atoms with E-state index in [4.69, 9.17) is 4.74 Å². The van der Waals surface area contributed by atoms with Crippen LogP contribution in [-0.2, 0) is 5.41 Å². The number of allylic oxidation sites excluding steroid dienone is 2. The Hall–Kier alpha value is -1.44. The molecule has 3 rings (SSSR count). The summed E-state index contributed by atoms with van der Waals surface area (Å²) >= 11 is 0. The lowest BCUT2D eigenvalue weighted by Crippen LogP contribution is -2.45. The molecule has 0 unspecified atom stereocenters. The number of hydrogen-bond acceptors (Lipinski definition) is 2. The van der Waals surface area contributed by atoms with Crippen molar-refractivity contribution in [3.63, 3.8) is 0 Å². The molecule has 2 nitrogen and oxygen atoms in total. The molecule has 0 bridgehead atoms. The average molecular weight is 314 g/mol. The highest BCUT2D eigenvalue weighted by molar-refractivity contribution is 5.46. The van der Waals surface area contributed by atoms with Gasteiger partial charge in [-0.15, -0.1) is 0 Å². The van der Waals surface area contributed by atoms with Gasteiger partial charge in [0.15, 0.2) is 0 Å². The lowest BCUT2D eigenvalue weighted by atomic mass is 9.68. The van der Waals surface area contributed by atoms with Crippen LogP contribution in [0.2, 0.25) is 0 Å². The summed E-state index contributed by atoms with van der Waals surface area (Å²) in [5.41, 5.74) is 2.60. The van der Waals surface area contributed by atoms with Gasteiger partial charge in [0.25, 0.3) is 0 Å². The lowest BCUT2D eigenvalue weighted by molar-refractivity contribution is 0.00520. The second-order valence-corrected chi connectivity index (χ2v) is 8.44. The van der Waals surface area contributed by atoms with E-state index in [1.54, 1.807) is 0 Å². The third-order valence-electron chi connectivity index (χ3n) is 5.86. The Balaban J connectivity index is 2.02. The number of hydrogen-bond donors (Lipinski definition) is 1. The van der Waals surface area contributed by atoms with Gasteiger partial charge in [-0.3, -0.25) is 0 Å². The van der Waals surface area contributed by atoms with Crippen molar-refractivity contribution >= 4 is 0 Å². The third kappa shape index (κ3) is 2.88. The standard InChI is InChI=1S/C21H30O2/c1-6-11-20(2,3)14-7-9-16-17-13-15(22)8-10-18(17)21(4,5)23-19(16)12-14/h7-9,12,17-18,22H,6,10-11,13H2,1-5H3/t17-,18+/m0/s1. The van der Waals surface area contributed by atoms with Crippen LogP contribution in [0, 0.1) is 5.92 Å². The van der Waals surface area contributed by atoms with E-state index >= 15 is 0 Å². The minimum atomic E-state index is -0.192. The molecule has 0 aromatic heterocycles. The summed E-state index contributed by atoms with van der Waals surface area (Å²) < 4.78 is 6.43. The van der Waals surface area contributed by atoms with E-state index in [-0.39, 0.29) is 11.0 Å². The quantitative estimate of drug-likeness (QED) is 0.756. The molecule has 126 valence electrons. The van der Waals surface area contributed by atoms with Crippen molar-refractivity contribution in [2.24, 2.45) is 5.92 Å². The molecule has 0 saturated heterocycles. The Morgan fingerprint density at radius 3 is 2.74 bits per heavy atom. The molecule has 0 saturated carbocycles. The fourth-order valence-corrected chi connectivity index (χ4v) is 4.45. The van der Waals surface area contributed by atoms with Gasteiger partial charge in [-0.05, 0) is 55.4 Å². The predicted octanol–water partition coefficient (Wildman–Crippen LogP) is 5.87. The van der Waals surface area contributed by atoms with Crippen molar-refractivity contribution in [3.05, 3.63) is 41.2 Å². The van der Waals surface area contributed by atoms with Gasteiger partial charge >= 0.3 is 0 Å². The molecule has 0 fully saturated rings. The van der Waals surface area contributed by atoms with Gasteiger partial charge in [-0.2, -0.15) is 0 Å². The second kappa shape index (κ2) is 5.58. The Kier molecular flexibility index (Phi) is 3.98. The normalized spacial score (nSPS) is 25.9. The van der Waals surface area contributed by atoms with Gasteiger partial charge < -0.3 is 9.84 Å². The van der Waals surface area contributed by atoms with E-state index in [2.05, 4.69) is 52.8 Å². The minimum absolute atomic E-state index is 0.169. The average Bonchev–Trinajstić information content (AvgIpc) is 2.45. The van der Waals surface area contributed by atoms with Crippen LogP contribution in [0.1, 0.15) is 77.3 Å². The monoisotopic (exact) mass is 314 g/mol. The molecule has 0 amide bonds. The summed E-state index contributed by atoms with van der Waals surface area (Å²) in [6.07, 6.45) is 5.95. The molecule has 0 spiro atoms. The molecule has 1 heterocycles. The predicted molar refractivity (Wildman–Crippen MR) is 95.3 cm³/mol. The van der Waals surface area contributed by atoms with E-state index in [0.29, 0.717) is 17.6 Å². The van der Waals surface area contributed by atoms with Crippen LogP contribution in [0.15, 0.2) is 30.0 Å². The smallest absolute Gasteiger partial charge is 0.123 e. The Labute approximate surface area is 140 Å². The van der Waals surface area contributed by atoms with Crippen LogP contribution in [0.4, 0.5) is 0 Å². The van der Waals surface area contributed by atoms with Gasteiger partial charge in [0.2, 0.25) is 0 Å². The fourth-order valence-electron chi connectivity index (χ4n) is 4.45. The zero-order valence-corrected chi connectivity index (χ0v) is 15.1. The van der Waals surface area contributed by atoms with Crippen molar-refractivity contribution in [1.82, 2.24) is 0 Å². The largest absolute Gasteiger partial charge is 0.513 e. The SMILES string of the molecule is CCCC(C)(C)c1ccc2c(c1)OC(C)(C)[C@@H]1CC=C(O)C[C@@H]21. The van der Waals surface area contributed by atoms with E-state index in [1.807, 2.05) is 6.08 Å². The zero-order valence-electron chi connectivity index (χ0n) is 15.1. The zero-order chi connectivity index (χ0) is 16.8. The van der Waals surface area contributed by atoms with Crippen LogP contribution < -0.4 is 4.74 Å². The molecule has 1 N–H and O–H groups in total. The lowest BCUT2D eigenvalue weighted by Gasteiger charge is -2.46. The van der Waals surface area contributed by atoms with E-state index < -0.39 is 0 Å². The molecule has 1 aliphatic heterocycles. The number of rotatable bonds is 3. The first-order valence-corrected chi connectivity index (χ1v) is 8.96. The van der Waals surface area contributed by atoms with Gasteiger partial charge in [0, 0.05) is 18.3 Å². The van der Waals surface area contributed by atoms with E-state index in [9.17, 15) is 5.11 Å². The first kappa shape index (κ1) is 16.4. The van der Waals surface area contributed by atoms with E-state index in [1.165, 1.54) is 24.0 Å². The van der Waals surface area contributed by atoms with Gasteiger partial charge in [0.1, 0.15) is 11.4 Å². The molecule has 2 aliphatic rings. The Morgan fingerprint density at radius 1 is 1.30 bits per heavy atom. The highest BCUT2D eigenvalue weighted by Crippen LogP contribution is 2.51. The van der Waals surface area contributed by atoms with Gasteiger partial charge in [-0.1, -0.05) is 39.3 Å². The fraction of sp³-hybridized carbons (Fsp3) is 0.619. The summed E-state index contributed by atoms with van der Waals surface area (Å²) in [5.74, 6) is 2.35. The van der Waals surface area contributed by atoms with Gasteiger partial charge in [-0.25, -0.2) is 0 Å². The molecule has 1 aliphatic carbocycles. The van der Waals surface area contributed by atoms with Crippen LogP contribution >= 0.6 is 0 Å². The molecular formula is C21H30O2. The molecule has 1 aromatic carbocycles. The van der Waals surface area contributed by atoms with Gasteiger partial charge in [0.05, 0.1) is 5.76 Å². The maximum absolute atomic E-state index is 10.0. The summed E-state index contributed by atoms with van der Waals surface area (Å²) in [6.45, 7) is 11.2. The van der Waals surface area contributed by atoms with Crippen LogP contribution in [0.5, 0.6) is 5.75 Å². The highest BCUT2D eigenvalue weighted by atomic mass is 16.5. The summed E-state index contributed by atoms with van der Waals surface area (Å²) in [4.78, 5) is 0. The number of aliphatic hydroxyl groups is 1. The topological polar surface area (TPSA) is 29.5 Å². The van der Waals surface area contributed by atoms with Crippen LogP contribution in [0.3, 0.4) is 0 Å². The third-order valence-corrected chi connectivity index (χ3v) is 5.86. The number of fused-ring (bicyclic) bond motifs is 3. The molecule has 23 heavy (non-hydrogen) atoms. The summed E-state index contributed by atoms with van der Waals surface area (Å²) in [5, 5.41) is 10.0. The Bertz CT molecular complexity index is 625. The Morgan fingerprint density at radius 2 is 2.04 bits per heavy atom. The number of ether oxygens (including phenoxy) is 1. The molecule has 1 aromatic rings. The van der Waals surface area contributed by atoms with Crippen LogP contribution in [-0.4, -0.2) is 10.7 Å².